The highest BCUT2D eigenvalue weighted by Gasteiger charge is 2.17. The van der Waals surface area contributed by atoms with Crippen molar-refractivity contribution in [2.45, 2.75) is 6.04 Å². The minimum atomic E-state index is -0.945. The van der Waals surface area contributed by atoms with Crippen molar-refractivity contribution in [3.05, 3.63) is 35.9 Å². The number of rotatable bonds is 4. The van der Waals surface area contributed by atoms with E-state index in [0.717, 1.165) is 0 Å². The Morgan fingerprint density at radius 3 is 2.47 bits per heavy atom. The number of nitrogens with zero attached hydrogens (tertiary/aromatic N) is 2. The molecule has 80 valence electrons. The molecule has 1 rings (SSSR count). The minimum Gasteiger partial charge on any atom is -0.479 e. The molecule has 0 radical (unpaired) electrons. The van der Waals surface area contributed by atoms with Crippen molar-refractivity contribution in [3.8, 4) is 0 Å². The topological polar surface area (TPSA) is 52.9 Å². The molecule has 0 spiro atoms. The SMILES string of the molecule is CN(C)C=N[C@@H](C(=O)O)c1ccccc1. The lowest BCUT2D eigenvalue weighted by Gasteiger charge is -2.09. The number of carboxylic acids is 1. The Bertz CT molecular complexity index is 347. The van der Waals surface area contributed by atoms with Crippen LogP contribution < -0.4 is 0 Å². The van der Waals surface area contributed by atoms with Gasteiger partial charge in [0.25, 0.3) is 0 Å². The summed E-state index contributed by atoms with van der Waals surface area (Å²) in [7, 11) is 3.60. The first-order chi connectivity index (χ1) is 7.11. The molecule has 1 N–H and O–H groups in total. The van der Waals surface area contributed by atoms with Crippen LogP contribution in [0, 0.1) is 0 Å². The van der Waals surface area contributed by atoms with Crippen LogP contribution >= 0.6 is 0 Å². The zero-order chi connectivity index (χ0) is 11.3. The molecule has 0 heterocycles. The molecule has 1 aromatic rings. The van der Waals surface area contributed by atoms with E-state index in [4.69, 9.17) is 5.11 Å². The molecule has 1 atom stereocenters. The Labute approximate surface area is 88.9 Å². The molecule has 4 nitrogen and oxygen atoms in total. The van der Waals surface area contributed by atoms with Gasteiger partial charge < -0.3 is 10.0 Å². The lowest BCUT2D eigenvalue weighted by Crippen LogP contribution is -2.14. The van der Waals surface area contributed by atoms with Gasteiger partial charge in [0.15, 0.2) is 6.04 Å². The summed E-state index contributed by atoms with van der Waals surface area (Å²) in [4.78, 5) is 16.7. The Hall–Kier alpha value is -1.84. The first-order valence-electron chi connectivity index (χ1n) is 4.58. The average Bonchev–Trinajstić information content (AvgIpc) is 2.18. The normalized spacial score (nSPS) is 12.7. The second-order valence-electron chi connectivity index (χ2n) is 3.38. The van der Waals surface area contributed by atoms with Crippen molar-refractivity contribution in [1.29, 1.82) is 0 Å². The predicted octanol–water partition coefficient (Wildman–Crippen LogP) is 1.40. The molecule has 1 aromatic carbocycles. The number of carboxylic acid groups (broad SMARTS) is 1. The molecule has 0 saturated heterocycles. The van der Waals surface area contributed by atoms with Crippen molar-refractivity contribution in [1.82, 2.24) is 4.90 Å². The second kappa shape index (κ2) is 5.14. The van der Waals surface area contributed by atoms with E-state index < -0.39 is 12.0 Å². The number of hydrogen-bond donors (Lipinski definition) is 1. The number of benzene rings is 1. The molecule has 15 heavy (non-hydrogen) atoms. The highest BCUT2D eigenvalue weighted by Crippen LogP contribution is 2.16. The van der Waals surface area contributed by atoms with E-state index >= 15 is 0 Å². The smallest absolute Gasteiger partial charge is 0.333 e. The molecule has 4 heteroatoms. The Morgan fingerprint density at radius 1 is 1.40 bits per heavy atom. The zero-order valence-corrected chi connectivity index (χ0v) is 8.79. The van der Waals surface area contributed by atoms with Gasteiger partial charge >= 0.3 is 5.97 Å². The van der Waals surface area contributed by atoms with Crippen molar-refractivity contribution < 1.29 is 9.90 Å². The molecule has 0 aliphatic carbocycles. The van der Waals surface area contributed by atoms with Crippen LogP contribution in [-0.2, 0) is 4.79 Å². The lowest BCUT2D eigenvalue weighted by molar-refractivity contribution is -0.138. The molecular weight excluding hydrogens is 192 g/mol. The number of carbonyl (C=O) groups is 1. The average molecular weight is 206 g/mol. The van der Waals surface area contributed by atoms with Crippen molar-refractivity contribution >= 4 is 12.3 Å². The first-order valence-corrected chi connectivity index (χ1v) is 4.58. The zero-order valence-electron chi connectivity index (χ0n) is 8.79. The monoisotopic (exact) mass is 206 g/mol. The quantitative estimate of drug-likeness (QED) is 0.598. The number of hydrogen-bond acceptors (Lipinski definition) is 2. The van der Waals surface area contributed by atoms with Gasteiger partial charge in [-0.15, -0.1) is 0 Å². The third-order valence-electron chi connectivity index (χ3n) is 1.80. The highest BCUT2D eigenvalue weighted by molar-refractivity contribution is 5.77. The fourth-order valence-electron chi connectivity index (χ4n) is 1.13. The largest absolute Gasteiger partial charge is 0.479 e. The van der Waals surface area contributed by atoms with Gasteiger partial charge in [-0.1, -0.05) is 30.3 Å². The molecule has 0 aliphatic rings. The van der Waals surface area contributed by atoms with Crippen LogP contribution in [0.15, 0.2) is 35.3 Å². The van der Waals surface area contributed by atoms with Crippen molar-refractivity contribution in [2.24, 2.45) is 4.99 Å². The summed E-state index contributed by atoms with van der Waals surface area (Å²) >= 11 is 0. The summed E-state index contributed by atoms with van der Waals surface area (Å²) in [6, 6.07) is 8.14. The summed E-state index contributed by atoms with van der Waals surface area (Å²) in [5, 5.41) is 9.01. The Kier molecular flexibility index (Phi) is 3.85. The molecule has 0 saturated carbocycles. The molecular formula is C11H14N2O2. The van der Waals surface area contributed by atoms with E-state index in [1.54, 1.807) is 43.3 Å². The highest BCUT2D eigenvalue weighted by atomic mass is 16.4. The van der Waals surface area contributed by atoms with Crippen molar-refractivity contribution in [3.63, 3.8) is 0 Å². The lowest BCUT2D eigenvalue weighted by atomic mass is 10.1. The van der Waals surface area contributed by atoms with Gasteiger partial charge in [0.05, 0.1) is 6.34 Å². The maximum Gasteiger partial charge on any atom is 0.333 e. The molecule has 0 aromatic heterocycles. The summed E-state index contributed by atoms with van der Waals surface area (Å²) in [5.41, 5.74) is 0.683. The van der Waals surface area contributed by atoms with Gasteiger partial charge in [0.1, 0.15) is 0 Å². The molecule has 0 unspecified atom stereocenters. The van der Waals surface area contributed by atoms with E-state index in [9.17, 15) is 4.79 Å². The summed E-state index contributed by atoms with van der Waals surface area (Å²) in [5.74, 6) is -0.945. The fourth-order valence-corrected chi connectivity index (χ4v) is 1.13. The van der Waals surface area contributed by atoms with E-state index in [1.165, 1.54) is 6.34 Å². The van der Waals surface area contributed by atoms with Crippen LogP contribution in [-0.4, -0.2) is 36.4 Å². The third kappa shape index (κ3) is 3.42. The van der Waals surface area contributed by atoms with Crippen LogP contribution in [0.25, 0.3) is 0 Å². The van der Waals surface area contributed by atoms with Crippen LogP contribution in [0.3, 0.4) is 0 Å². The van der Waals surface area contributed by atoms with Gasteiger partial charge in [0, 0.05) is 14.1 Å². The standard InChI is InChI=1S/C11H14N2O2/c1-13(2)8-12-10(11(14)15)9-6-4-3-5-7-9/h3-8,10H,1-2H3,(H,14,15)/t10-/m1/s1. The molecule has 0 aliphatic heterocycles. The molecule has 0 bridgehead atoms. The third-order valence-corrected chi connectivity index (χ3v) is 1.80. The Balaban J connectivity index is 2.89. The van der Waals surface area contributed by atoms with Gasteiger partial charge in [-0.2, -0.15) is 0 Å². The van der Waals surface area contributed by atoms with E-state index in [2.05, 4.69) is 4.99 Å². The summed E-state index contributed by atoms with van der Waals surface area (Å²) in [6.45, 7) is 0. The van der Waals surface area contributed by atoms with Crippen LogP contribution in [0.2, 0.25) is 0 Å². The van der Waals surface area contributed by atoms with Crippen LogP contribution in [0.1, 0.15) is 11.6 Å². The van der Waals surface area contributed by atoms with Gasteiger partial charge in [-0.3, -0.25) is 4.99 Å². The molecule has 0 amide bonds. The minimum absolute atomic E-state index is 0.683. The maximum absolute atomic E-state index is 11.0. The number of aliphatic imine (C=N–C) groups is 1. The summed E-state index contributed by atoms with van der Waals surface area (Å²) in [6.07, 6.45) is 1.51. The fraction of sp³-hybridized carbons (Fsp3) is 0.273. The Morgan fingerprint density at radius 2 is 2.00 bits per heavy atom. The van der Waals surface area contributed by atoms with Crippen molar-refractivity contribution in [2.75, 3.05) is 14.1 Å². The molecule has 0 fully saturated rings. The van der Waals surface area contributed by atoms with Gasteiger partial charge in [-0.05, 0) is 5.56 Å². The predicted molar refractivity (Wildman–Crippen MR) is 59.0 cm³/mol. The van der Waals surface area contributed by atoms with Crippen LogP contribution in [0.5, 0.6) is 0 Å². The second-order valence-corrected chi connectivity index (χ2v) is 3.38. The van der Waals surface area contributed by atoms with E-state index in [0.29, 0.717) is 5.56 Å². The number of aliphatic carboxylic acids is 1. The first kappa shape index (κ1) is 11.2. The van der Waals surface area contributed by atoms with Gasteiger partial charge in [-0.25, -0.2) is 4.79 Å². The van der Waals surface area contributed by atoms with E-state index in [1.807, 2.05) is 6.07 Å². The van der Waals surface area contributed by atoms with Crippen LogP contribution in [0.4, 0.5) is 0 Å². The maximum atomic E-state index is 11.0. The van der Waals surface area contributed by atoms with E-state index in [-0.39, 0.29) is 0 Å². The van der Waals surface area contributed by atoms with Gasteiger partial charge in [0.2, 0.25) is 0 Å². The summed E-state index contributed by atoms with van der Waals surface area (Å²) < 4.78 is 0.